The zero-order valence-electron chi connectivity index (χ0n) is 10.2. The van der Waals surface area contributed by atoms with E-state index in [4.69, 9.17) is 5.84 Å². The Balaban J connectivity index is 2.16. The predicted molar refractivity (Wildman–Crippen MR) is 68.2 cm³/mol. The number of aromatic nitrogens is 2. The van der Waals surface area contributed by atoms with E-state index in [-0.39, 0.29) is 6.04 Å². The van der Waals surface area contributed by atoms with Gasteiger partial charge in [-0.15, -0.1) is 0 Å². The van der Waals surface area contributed by atoms with Gasteiger partial charge in [0.1, 0.15) is 5.82 Å². The summed E-state index contributed by atoms with van der Waals surface area (Å²) in [5.41, 5.74) is 5.34. The number of hydrogen-bond donors (Lipinski definition) is 2. The molecule has 17 heavy (non-hydrogen) atoms. The van der Waals surface area contributed by atoms with Crippen LogP contribution in [0, 0.1) is 6.92 Å². The largest absolute Gasteiger partial charge is 0.337 e. The van der Waals surface area contributed by atoms with Gasteiger partial charge in [0.05, 0.1) is 6.04 Å². The first kappa shape index (κ1) is 11.8. The van der Waals surface area contributed by atoms with Crippen LogP contribution in [0.2, 0.25) is 0 Å². The quantitative estimate of drug-likeness (QED) is 0.618. The lowest BCUT2D eigenvalue weighted by molar-refractivity contribution is 0.507. The fraction of sp³-hybridized carbons (Fsp3) is 0.308. The van der Waals surface area contributed by atoms with Crippen LogP contribution in [0.1, 0.15) is 23.0 Å². The second kappa shape index (κ2) is 5.12. The monoisotopic (exact) mass is 230 g/mol. The SMILES string of the molecule is Cc1ccc(CC(NN)c2nccn2C)cc1. The molecule has 0 aliphatic heterocycles. The van der Waals surface area contributed by atoms with Gasteiger partial charge in [-0.3, -0.25) is 5.84 Å². The second-order valence-corrected chi connectivity index (χ2v) is 4.31. The molecule has 4 nitrogen and oxygen atoms in total. The van der Waals surface area contributed by atoms with Crippen LogP contribution in [-0.2, 0) is 13.5 Å². The highest BCUT2D eigenvalue weighted by atomic mass is 15.3. The molecule has 0 aliphatic carbocycles. The van der Waals surface area contributed by atoms with Gasteiger partial charge in [-0.25, -0.2) is 10.4 Å². The average Bonchev–Trinajstić information content (AvgIpc) is 2.75. The standard InChI is InChI=1S/C13H18N4/c1-10-3-5-11(6-4-10)9-12(16-14)13-15-7-8-17(13)2/h3-8,12,16H,9,14H2,1-2H3. The number of nitrogens with two attached hydrogens (primary N) is 1. The van der Waals surface area contributed by atoms with Crippen molar-refractivity contribution in [1.82, 2.24) is 15.0 Å². The number of hydrazine groups is 1. The van der Waals surface area contributed by atoms with Crippen molar-refractivity contribution in [2.75, 3.05) is 0 Å². The van der Waals surface area contributed by atoms with Crippen molar-refractivity contribution >= 4 is 0 Å². The molecule has 1 atom stereocenters. The first-order valence-electron chi connectivity index (χ1n) is 5.69. The van der Waals surface area contributed by atoms with Gasteiger partial charge in [0.25, 0.3) is 0 Å². The van der Waals surface area contributed by atoms with Crippen molar-refractivity contribution in [2.45, 2.75) is 19.4 Å². The molecule has 1 aromatic heterocycles. The highest BCUT2D eigenvalue weighted by Crippen LogP contribution is 2.16. The number of benzene rings is 1. The van der Waals surface area contributed by atoms with Crippen LogP contribution in [0.4, 0.5) is 0 Å². The second-order valence-electron chi connectivity index (χ2n) is 4.31. The summed E-state index contributed by atoms with van der Waals surface area (Å²) >= 11 is 0. The zero-order chi connectivity index (χ0) is 12.3. The highest BCUT2D eigenvalue weighted by Gasteiger charge is 2.14. The maximum atomic E-state index is 5.61. The number of nitrogens with one attached hydrogen (secondary N) is 1. The maximum Gasteiger partial charge on any atom is 0.127 e. The molecule has 90 valence electrons. The summed E-state index contributed by atoms with van der Waals surface area (Å²) in [6.45, 7) is 2.08. The fourth-order valence-electron chi connectivity index (χ4n) is 1.90. The van der Waals surface area contributed by atoms with Crippen LogP contribution in [0.3, 0.4) is 0 Å². The summed E-state index contributed by atoms with van der Waals surface area (Å²) in [6.07, 6.45) is 4.55. The van der Waals surface area contributed by atoms with Gasteiger partial charge in [0, 0.05) is 19.4 Å². The van der Waals surface area contributed by atoms with E-state index in [9.17, 15) is 0 Å². The van der Waals surface area contributed by atoms with E-state index in [1.807, 2.05) is 17.8 Å². The van der Waals surface area contributed by atoms with Crippen LogP contribution >= 0.6 is 0 Å². The molecule has 0 aliphatic rings. The fourth-order valence-corrected chi connectivity index (χ4v) is 1.90. The van der Waals surface area contributed by atoms with Crippen molar-refractivity contribution < 1.29 is 0 Å². The first-order chi connectivity index (χ1) is 8.20. The summed E-state index contributed by atoms with van der Waals surface area (Å²) in [5.74, 6) is 6.56. The summed E-state index contributed by atoms with van der Waals surface area (Å²) in [4.78, 5) is 4.32. The molecule has 1 aromatic carbocycles. The van der Waals surface area contributed by atoms with Gasteiger partial charge in [0.2, 0.25) is 0 Å². The van der Waals surface area contributed by atoms with Gasteiger partial charge in [-0.05, 0) is 18.9 Å². The molecular weight excluding hydrogens is 212 g/mol. The van der Waals surface area contributed by atoms with Crippen LogP contribution in [0.25, 0.3) is 0 Å². The minimum Gasteiger partial charge on any atom is -0.337 e. The summed E-state index contributed by atoms with van der Waals surface area (Å²) in [5, 5.41) is 0. The third-order valence-corrected chi connectivity index (χ3v) is 2.93. The molecule has 3 N–H and O–H groups in total. The van der Waals surface area contributed by atoms with Crippen molar-refractivity contribution in [3.63, 3.8) is 0 Å². The van der Waals surface area contributed by atoms with Gasteiger partial charge < -0.3 is 4.57 Å². The number of rotatable bonds is 4. The van der Waals surface area contributed by atoms with Crippen LogP contribution in [0.5, 0.6) is 0 Å². The topological polar surface area (TPSA) is 55.9 Å². The van der Waals surface area contributed by atoms with Gasteiger partial charge in [-0.2, -0.15) is 0 Å². The smallest absolute Gasteiger partial charge is 0.127 e. The number of aryl methyl sites for hydroxylation is 2. The number of imidazole rings is 1. The molecule has 1 unspecified atom stereocenters. The third-order valence-electron chi connectivity index (χ3n) is 2.93. The Morgan fingerprint density at radius 3 is 2.59 bits per heavy atom. The van der Waals surface area contributed by atoms with E-state index in [1.54, 1.807) is 6.20 Å². The number of hydrogen-bond acceptors (Lipinski definition) is 3. The van der Waals surface area contributed by atoms with Gasteiger partial charge in [0.15, 0.2) is 0 Å². The molecule has 0 radical (unpaired) electrons. The lowest BCUT2D eigenvalue weighted by atomic mass is 10.0. The minimum atomic E-state index is 0.0395. The first-order valence-corrected chi connectivity index (χ1v) is 5.69. The molecule has 1 heterocycles. The van der Waals surface area contributed by atoms with E-state index < -0.39 is 0 Å². The molecule has 0 amide bonds. The van der Waals surface area contributed by atoms with Gasteiger partial charge in [-0.1, -0.05) is 29.8 Å². The number of nitrogens with zero attached hydrogens (tertiary/aromatic N) is 2. The van der Waals surface area contributed by atoms with Gasteiger partial charge >= 0.3 is 0 Å². The van der Waals surface area contributed by atoms with Crippen LogP contribution in [-0.4, -0.2) is 9.55 Å². The Morgan fingerprint density at radius 2 is 2.06 bits per heavy atom. The molecule has 2 rings (SSSR count). The summed E-state index contributed by atoms with van der Waals surface area (Å²) in [7, 11) is 1.97. The molecule has 2 aromatic rings. The van der Waals surface area contributed by atoms with Crippen molar-refractivity contribution in [1.29, 1.82) is 0 Å². The zero-order valence-corrected chi connectivity index (χ0v) is 10.2. The van der Waals surface area contributed by atoms with Crippen LogP contribution in [0.15, 0.2) is 36.7 Å². The molecular formula is C13H18N4. The Hall–Kier alpha value is -1.65. The Bertz CT molecular complexity index is 472. The minimum absolute atomic E-state index is 0.0395. The van der Waals surface area contributed by atoms with Crippen molar-refractivity contribution in [2.24, 2.45) is 12.9 Å². The summed E-state index contributed by atoms with van der Waals surface area (Å²) in [6, 6.07) is 8.52. The van der Waals surface area contributed by atoms with E-state index in [1.165, 1.54) is 11.1 Å². The molecule has 0 fully saturated rings. The van der Waals surface area contributed by atoms with E-state index in [2.05, 4.69) is 41.6 Å². The molecule has 0 spiro atoms. The molecule has 0 saturated carbocycles. The third kappa shape index (κ3) is 2.72. The molecule has 0 saturated heterocycles. The van der Waals surface area contributed by atoms with E-state index in [0.29, 0.717) is 0 Å². The maximum absolute atomic E-state index is 5.61. The molecule has 0 bridgehead atoms. The van der Waals surface area contributed by atoms with Crippen LogP contribution < -0.4 is 11.3 Å². The normalized spacial score (nSPS) is 12.6. The lowest BCUT2D eigenvalue weighted by Crippen LogP contribution is -2.31. The van der Waals surface area contributed by atoms with E-state index in [0.717, 1.165) is 12.2 Å². The Kier molecular flexibility index (Phi) is 3.56. The Morgan fingerprint density at radius 1 is 1.35 bits per heavy atom. The van der Waals surface area contributed by atoms with Crippen molar-refractivity contribution in [3.8, 4) is 0 Å². The summed E-state index contributed by atoms with van der Waals surface area (Å²) < 4.78 is 1.98. The average molecular weight is 230 g/mol. The Labute approximate surface area is 101 Å². The lowest BCUT2D eigenvalue weighted by Gasteiger charge is -2.15. The molecule has 4 heteroatoms. The van der Waals surface area contributed by atoms with E-state index >= 15 is 0 Å². The highest BCUT2D eigenvalue weighted by molar-refractivity contribution is 5.22. The van der Waals surface area contributed by atoms with Crippen molar-refractivity contribution in [3.05, 3.63) is 53.6 Å². The predicted octanol–water partition coefficient (Wildman–Crippen LogP) is 1.48.